The minimum Gasteiger partial charge on any atom is -0.544 e. The molecule has 1 aliphatic heterocycles. The Balaban J connectivity index is 2.58. The lowest BCUT2D eigenvalue weighted by Gasteiger charge is -2.29. The fourth-order valence-corrected chi connectivity index (χ4v) is 1.49. The van der Waals surface area contributed by atoms with E-state index in [0.717, 1.165) is 0 Å². The summed E-state index contributed by atoms with van der Waals surface area (Å²) >= 11 is 0. The van der Waals surface area contributed by atoms with Gasteiger partial charge in [-0.25, -0.2) is 4.99 Å². The molecular weight excluding hydrogens is 188 g/mol. The summed E-state index contributed by atoms with van der Waals surface area (Å²) in [6.45, 7) is 1.15. The molecule has 0 bridgehead atoms. The van der Waals surface area contributed by atoms with Gasteiger partial charge in [0, 0.05) is 0 Å². The molecule has 1 unspecified atom stereocenters. The molecule has 1 aliphatic rings. The molecule has 6 heteroatoms. The summed E-state index contributed by atoms with van der Waals surface area (Å²) in [6.07, 6.45) is 1.46. The summed E-state index contributed by atoms with van der Waals surface area (Å²) in [6, 6.07) is 0. The molecule has 0 aromatic heterocycles. The molecule has 1 rings (SSSR count). The maximum atomic E-state index is 10.5. The fraction of sp³-hybridized carbons (Fsp3) is 0.625. The first-order valence-electron chi connectivity index (χ1n) is 4.32. The second-order valence-electron chi connectivity index (χ2n) is 3.36. The average molecular weight is 200 g/mol. The van der Waals surface area contributed by atoms with Crippen molar-refractivity contribution < 1.29 is 24.3 Å². The number of aliphatic imine (C=N–C) groups is 1. The van der Waals surface area contributed by atoms with E-state index in [1.165, 1.54) is 6.34 Å². The molecule has 0 spiro atoms. The molecule has 0 amide bonds. The lowest BCUT2D eigenvalue weighted by atomic mass is 10.3. The predicted molar refractivity (Wildman–Crippen MR) is 45.5 cm³/mol. The molecule has 0 aliphatic carbocycles. The van der Waals surface area contributed by atoms with Crippen LogP contribution in [0.1, 0.15) is 6.42 Å². The quantitative estimate of drug-likeness (QED) is 0.523. The van der Waals surface area contributed by atoms with Gasteiger partial charge in [0.05, 0.1) is 25.5 Å². The number of carbonyl (C=O) groups excluding carboxylic acids is 1. The Morgan fingerprint density at radius 1 is 1.57 bits per heavy atom. The van der Waals surface area contributed by atoms with Gasteiger partial charge in [0.15, 0.2) is 6.34 Å². The highest BCUT2D eigenvalue weighted by atomic mass is 16.4. The van der Waals surface area contributed by atoms with Crippen molar-refractivity contribution in [2.45, 2.75) is 6.42 Å². The third-order valence-electron chi connectivity index (χ3n) is 2.22. The van der Waals surface area contributed by atoms with E-state index in [0.29, 0.717) is 13.1 Å². The van der Waals surface area contributed by atoms with E-state index in [1.54, 1.807) is 0 Å². The van der Waals surface area contributed by atoms with Gasteiger partial charge in [0.25, 0.3) is 0 Å². The summed E-state index contributed by atoms with van der Waals surface area (Å²) in [5.41, 5.74) is 0. The molecule has 1 heterocycles. The highest BCUT2D eigenvalue weighted by Crippen LogP contribution is 2.09. The molecule has 0 fully saturated rings. The Kier molecular flexibility index (Phi) is 3.19. The Morgan fingerprint density at radius 2 is 2.29 bits per heavy atom. The molecule has 0 aromatic rings. The van der Waals surface area contributed by atoms with Crippen LogP contribution in [0, 0.1) is 0 Å². The highest BCUT2D eigenvalue weighted by molar-refractivity contribution is 5.69. The second-order valence-corrected chi connectivity index (χ2v) is 3.36. The number of carboxylic acid groups (broad SMARTS) is 2. The summed E-state index contributed by atoms with van der Waals surface area (Å²) in [4.78, 5) is 24.8. The van der Waals surface area contributed by atoms with E-state index in [9.17, 15) is 14.7 Å². The molecule has 1 atom stereocenters. The molecule has 0 saturated heterocycles. The van der Waals surface area contributed by atoms with E-state index < -0.39 is 11.9 Å². The second kappa shape index (κ2) is 4.19. The normalized spacial score (nSPS) is 25.1. The van der Waals surface area contributed by atoms with Gasteiger partial charge in [-0.1, -0.05) is 0 Å². The number of carboxylic acids is 2. The van der Waals surface area contributed by atoms with Crippen LogP contribution in [0.4, 0.5) is 0 Å². The lowest BCUT2D eigenvalue weighted by Crippen LogP contribution is -2.53. The molecule has 0 radical (unpaired) electrons. The lowest BCUT2D eigenvalue weighted by molar-refractivity contribution is -0.822. The molecule has 78 valence electrons. The van der Waals surface area contributed by atoms with Gasteiger partial charge in [0.1, 0.15) is 13.1 Å². The van der Waals surface area contributed by atoms with E-state index in [1.807, 2.05) is 0 Å². The van der Waals surface area contributed by atoms with Crippen LogP contribution in [0.2, 0.25) is 0 Å². The minimum atomic E-state index is -1.18. The Labute approximate surface area is 81.1 Å². The molecular formula is C8H12N2O4. The van der Waals surface area contributed by atoms with Gasteiger partial charge < -0.3 is 15.0 Å². The number of carbonyl (C=O) groups is 2. The van der Waals surface area contributed by atoms with Gasteiger partial charge in [-0.3, -0.25) is 9.28 Å². The molecule has 14 heavy (non-hydrogen) atoms. The minimum absolute atomic E-state index is 0.0563. The summed E-state index contributed by atoms with van der Waals surface area (Å²) in [5, 5.41) is 19.0. The van der Waals surface area contributed by atoms with Gasteiger partial charge in [-0.05, 0) is 0 Å². The number of nitrogens with zero attached hydrogens (tertiary/aromatic N) is 2. The van der Waals surface area contributed by atoms with Crippen LogP contribution in [0.5, 0.6) is 0 Å². The third kappa shape index (κ3) is 2.81. The number of aliphatic carboxylic acids is 2. The molecule has 1 N–H and O–H groups in total. The van der Waals surface area contributed by atoms with Crippen molar-refractivity contribution >= 4 is 18.3 Å². The van der Waals surface area contributed by atoms with Gasteiger partial charge >= 0.3 is 5.97 Å². The first-order valence-corrected chi connectivity index (χ1v) is 4.32. The zero-order valence-electron chi connectivity index (χ0n) is 7.68. The standard InChI is InChI=1S/C8H12N2O4/c11-7(12)1-3-10(5-8(13)14)4-2-9-6-10/h6H,1-5H2,(H-,11,12,13,14). The van der Waals surface area contributed by atoms with Crippen LogP contribution < -0.4 is 5.11 Å². The highest BCUT2D eigenvalue weighted by Gasteiger charge is 2.29. The Hall–Kier alpha value is -1.43. The summed E-state index contributed by atoms with van der Waals surface area (Å²) in [5.74, 6) is -2.11. The smallest absolute Gasteiger partial charge is 0.309 e. The van der Waals surface area contributed by atoms with Crippen molar-refractivity contribution in [2.24, 2.45) is 4.99 Å². The van der Waals surface area contributed by atoms with Crippen LogP contribution >= 0.6 is 0 Å². The predicted octanol–water partition coefficient (Wildman–Crippen LogP) is -1.93. The maximum Gasteiger partial charge on any atom is 0.309 e. The number of rotatable bonds is 5. The topological polar surface area (TPSA) is 89.8 Å². The molecule has 0 saturated carbocycles. The van der Waals surface area contributed by atoms with Crippen molar-refractivity contribution in [2.75, 3.05) is 26.2 Å². The number of hydrogen-bond donors (Lipinski definition) is 1. The fourth-order valence-electron chi connectivity index (χ4n) is 1.49. The van der Waals surface area contributed by atoms with Crippen molar-refractivity contribution in [3.63, 3.8) is 0 Å². The van der Waals surface area contributed by atoms with E-state index in [4.69, 9.17) is 5.11 Å². The number of hydrogen-bond acceptors (Lipinski definition) is 4. The van der Waals surface area contributed by atoms with Crippen molar-refractivity contribution in [3.8, 4) is 0 Å². The summed E-state index contributed by atoms with van der Waals surface area (Å²) < 4.78 is 0.0919. The largest absolute Gasteiger partial charge is 0.544 e. The zero-order valence-corrected chi connectivity index (χ0v) is 7.68. The van der Waals surface area contributed by atoms with Gasteiger partial charge in [0.2, 0.25) is 0 Å². The maximum absolute atomic E-state index is 10.5. The van der Waals surface area contributed by atoms with Crippen LogP contribution in [0.3, 0.4) is 0 Å². The average Bonchev–Trinajstić information content (AvgIpc) is 2.49. The van der Waals surface area contributed by atoms with Crippen LogP contribution in [-0.4, -0.2) is 54.0 Å². The van der Waals surface area contributed by atoms with Crippen LogP contribution in [0.25, 0.3) is 0 Å². The Bertz CT molecular complexity index is 277. The van der Waals surface area contributed by atoms with Crippen molar-refractivity contribution in [1.82, 2.24) is 0 Å². The molecule has 6 nitrogen and oxygen atoms in total. The summed E-state index contributed by atoms with van der Waals surface area (Å²) in [7, 11) is 0. The van der Waals surface area contributed by atoms with Crippen molar-refractivity contribution in [1.29, 1.82) is 0 Å². The first kappa shape index (κ1) is 10.6. The SMILES string of the molecule is O=C([O-])C[N+]1(CCC(=O)O)C=NCC1. The van der Waals surface area contributed by atoms with Gasteiger partial charge in [-0.2, -0.15) is 0 Å². The van der Waals surface area contributed by atoms with E-state index in [2.05, 4.69) is 4.99 Å². The van der Waals surface area contributed by atoms with Crippen LogP contribution in [0.15, 0.2) is 4.99 Å². The van der Waals surface area contributed by atoms with E-state index >= 15 is 0 Å². The third-order valence-corrected chi connectivity index (χ3v) is 2.22. The van der Waals surface area contributed by atoms with E-state index in [-0.39, 0.29) is 24.0 Å². The van der Waals surface area contributed by atoms with Crippen molar-refractivity contribution in [3.05, 3.63) is 0 Å². The van der Waals surface area contributed by atoms with Crippen LogP contribution in [-0.2, 0) is 9.59 Å². The molecule has 0 aromatic carbocycles. The monoisotopic (exact) mass is 200 g/mol. The zero-order chi connectivity index (χ0) is 10.6. The Morgan fingerprint density at radius 3 is 2.71 bits per heavy atom. The number of quaternary nitrogens is 1. The first-order chi connectivity index (χ1) is 6.54. The van der Waals surface area contributed by atoms with Gasteiger partial charge in [-0.15, -0.1) is 0 Å².